The van der Waals surface area contributed by atoms with E-state index >= 15 is 0 Å². The second kappa shape index (κ2) is 21.4. The van der Waals surface area contributed by atoms with Gasteiger partial charge in [-0.15, -0.1) is 0 Å². The summed E-state index contributed by atoms with van der Waals surface area (Å²) >= 11 is 0. The van der Waals surface area contributed by atoms with E-state index in [-0.39, 0.29) is 58.7 Å². The summed E-state index contributed by atoms with van der Waals surface area (Å²) in [4.78, 5) is 0.217. The molecule has 0 aliphatic carbocycles. The summed E-state index contributed by atoms with van der Waals surface area (Å²) in [6.45, 7) is 33.0. The van der Waals surface area contributed by atoms with Crippen molar-refractivity contribution in [1.29, 1.82) is 0 Å². The summed E-state index contributed by atoms with van der Waals surface area (Å²) in [6.07, 6.45) is 13.2. The summed E-state index contributed by atoms with van der Waals surface area (Å²) in [6, 6.07) is 8.53. The molecule has 1 aliphatic heterocycles. The molecule has 1 aromatic carbocycles. The Kier molecular flexibility index (Phi) is 19.3. The first kappa shape index (κ1) is 49.5. The molecule has 2 unspecified atom stereocenters. The number of allylic oxidation sites excluding steroid dienone is 3. The van der Waals surface area contributed by atoms with E-state index in [2.05, 4.69) is 112 Å². The van der Waals surface area contributed by atoms with E-state index in [1.807, 2.05) is 32.1 Å². The van der Waals surface area contributed by atoms with Gasteiger partial charge in [-0.25, -0.2) is 8.42 Å². The van der Waals surface area contributed by atoms with Gasteiger partial charge in [0.2, 0.25) is 0 Å². The summed E-state index contributed by atoms with van der Waals surface area (Å²) in [5, 5.41) is 11.2. The lowest BCUT2D eigenvalue weighted by Gasteiger charge is -2.46. The van der Waals surface area contributed by atoms with Gasteiger partial charge in [-0.1, -0.05) is 123 Å². The molecular formula is C45H78O7SSi2. The van der Waals surface area contributed by atoms with Gasteiger partial charge in [0.15, 0.2) is 32.8 Å². The van der Waals surface area contributed by atoms with Crippen molar-refractivity contribution in [1.82, 2.24) is 0 Å². The molecule has 7 nitrogen and oxygen atoms in total. The first-order chi connectivity index (χ1) is 25.4. The summed E-state index contributed by atoms with van der Waals surface area (Å²) in [7, 11) is -6.42. The van der Waals surface area contributed by atoms with Crippen molar-refractivity contribution in [3.63, 3.8) is 0 Å². The molecule has 314 valence electrons. The third-order valence-corrected chi connectivity index (χ3v) is 19.2. The highest BCUT2D eigenvalue weighted by Gasteiger charge is 2.44. The highest BCUT2D eigenvalue weighted by Crippen LogP contribution is 2.41. The lowest BCUT2D eigenvalue weighted by atomic mass is 9.82. The maximum Gasteiger partial charge on any atom is 0.192 e. The van der Waals surface area contributed by atoms with Gasteiger partial charge in [0.1, 0.15) is 0 Å². The molecular weight excluding hydrogens is 741 g/mol. The van der Waals surface area contributed by atoms with Crippen LogP contribution in [0.5, 0.6) is 0 Å². The van der Waals surface area contributed by atoms with Crippen molar-refractivity contribution in [2.24, 2.45) is 23.7 Å². The largest absolute Gasteiger partial charge is 0.414 e. The molecule has 1 heterocycles. The molecule has 0 bridgehead atoms. The number of sulfone groups is 1. The summed E-state index contributed by atoms with van der Waals surface area (Å²) in [5.74, 6) is 0.159. The van der Waals surface area contributed by atoms with Crippen LogP contribution in [0.15, 0.2) is 82.8 Å². The Morgan fingerprint density at radius 2 is 1.60 bits per heavy atom. The van der Waals surface area contributed by atoms with Crippen molar-refractivity contribution >= 4 is 26.5 Å². The molecule has 0 radical (unpaired) electrons. The van der Waals surface area contributed by atoms with Gasteiger partial charge in [-0.3, -0.25) is 0 Å². The van der Waals surface area contributed by atoms with Gasteiger partial charge in [0.05, 0.1) is 34.6 Å². The van der Waals surface area contributed by atoms with Gasteiger partial charge >= 0.3 is 0 Å². The Hall–Kier alpha value is -1.64. The molecule has 0 aromatic heterocycles. The molecule has 0 fully saturated rings. The van der Waals surface area contributed by atoms with Gasteiger partial charge < -0.3 is 23.4 Å². The van der Waals surface area contributed by atoms with Gasteiger partial charge in [-0.2, -0.15) is 0 Å². The zero-order chi connectivity index (χ0) is 41.9. The van der Waals surface area contributed by atoms with Crippen molar-refractivity contribution in [2.75, 3.05) is 7.11 Å². The third-order valence-electron chi connectivity index (χ3n) is 11.5. The van der Waals surface area contributed by atoms with Gasteiger partial charge in [-0.05, 0) is 105 Å². The fourth-order valence-electron chi connectivity index (χ4n) is 7.07. The number of benzene rings is 1. The van der Waals surface area contributed by atoms with Crippen LogP contribution in [-0.2, 0) is 28.2 Å². The Labute approximate surface area is 339 Å². The molecule has 10 atom stereocenters. The third kappa shape index (κ3) is 14.9. The Morgan fingerprint density at radius 1 is 0.982 bits per heavy atom. The lowest BCUT2D eigenvalue weighted by Crippen LogP contribution is -2.51. The highest BCUT2D eigenvalue weighted by atomic mass is 32.2. The molecule has 1 aromatic rings. The van der Waals surface area contributed by atoms with Crippen LogP contribution in [0.4, 0.5) is 0 Å². The average Bonchev–Trinajstić information content (AvgIpc) is 3.12. The minimum absolute atomic E-state index is 0.00322. The maximum atomic E-state index is 14.4. The number of ether oxygens (including phenoxy) is 2. The van der Waals surface area contributed by atoms with Crippen molar-refractivity contribution in [3.8, 4) is 0 Å². The number of hydrogen-bond acceptors (Lipinski definition) is 7. The van der Waals surface area contributed by atoms with Crippen LogP contribution in [0.25, 0.3) is 0 Å². The Morgan fingerprint density at radius 3 is 2.13 bits per heavy atom. The minimum Gasteiger partial charge on any atom is -0.414 e. The monoisotopic (exact) mass is 819 g/mol. The Bertz CT molecular complexity index is 1540. The molecule has 1 N–H and O–H groups in total. The van der Waals surface area contributed by atoms with E-state index in [4.69, 9.17) is 18.3 Å². The first-order valence-electron chi connectivity index (χ1n) is 20.6. The van der Waals surface area contributed by atoms with Crippen molar-refractivity contribution in [3.05, 3.63) is 77.9 Å². The molecule has 2 rings (SSSR count). The highest BCUT2D eigenvalue weighted by molar-refractivity contribution is 7.92. The number of methoxy groups -OCH3 is 1. The number of aliphatic hydroxyl groups is 1. The second-order valence-corrected chi connectivity index (χ2v) is 29.9. The van der Waals surface area contributed by atoms with E-state index < -0.39 is 37.8 Å². The molecule has 0 saturated carbocycles. The lowest BCUT2D eigenvalue weighted by molar-refractivity contribution is -0.117. The molecule has 0 saturated heterocycles. The zero-order valence-corrected chi connectivity index (χ0v) is 40.1. The van der Waals surface area contributed by atoms with Gasteiger partial charge in [0, 0.05) is 13.0 Å². The van der Waals surface area contributed by atoms with Crippen LogP contribution in [0.2, 0.25) is 37.8 Å². The molecule has 10 heteroatoms. The zero-order valence-electron chi connectivity index (χ0n) is 37.3. The van der Waals surface area contributed by atoms with Crippen LogP contribution in [-0.4, -0.2) is 73.2 Å². The fraction of sp³-hybridized carbons (Fsp3) is 0.689. The summed E-state index contributed by atoms with van der Waals surface area (Å²) < 4.78 is 54.3. The van der Waals surface area contributed by atoms with Crippen LogP contribution in [0.3, 0.4) is 0 Å². The van der Waals surface area contributed by atoms with Crippen LogP contribution >= 0.6 is 0 Å². The molecule has 0 amide bonds. The quantitative estimate of drug-likeness (QED) is 0.0750. The standard InChI is InChI=1S/C45H78O7SSi2/c1-17-33(4)43(52-55(15,16)45(8,9)10)36(7)44(51-54(12,13)14)35(6)31-34(5)42(46)40(53(47,48)39-24-20-19-21-25-39)30-32(3)29-37(18-2)27-28-38-23-22-26-41(49-11)50-38/h19-22,24-29,31-33,35-36,38,40-44,46H,17-18,23,30H2,1-16H3/b28-27+,34-31+,37-29-/t32-,33-,35+,36-,38+,40?,41+,42?,43+,44-/m0/s1. The second-order valence-electron chi connectivity index (χ2n) is 18.5. The molecule has 0 spiro atoms. The smallest absolute Gasteiger partial charge is 0.192 e. The summed E-state index contributed by atoms with van der Waals surface area (Å²) in [5.41, 5.74) is 1.72. The van der Waals surface area contributed by atoms with Crippen LogP contribution < -0.4 is 0 Å². The SMILES string of the molecule is CCC(=C/[C@H](C)CC(C(O)/C(C)=C/[C@@H](C)[C@H](O[Si](C)(C)C)[C@@H](C)[C@H](O[Si](C)(C)C(C)(C)C)[C@@H](C)CC)S(=O)(=O)c1ccccc1)/C=C/[C@H]1CC=C[C@H](OC)O1. The first-order valence-corrected chi connectivity index (χ1v) is 28.5. The van der Waals surface area contributed by atoms with Crippen molar-refractivity contribution < 1.29 is 31.9 Å². The van der Waals surface area contributed by atoms with E-state index in [0.29, 0.717) is 11.5 Å². The fourth-order valence-corrected chi connectivity index (χ4v) is 11.8. The average molecular weight is 819 g/mol. The molecule has 1 aliphatic rings. The number of hydrogen-bond donors (Lipinski definition) is 1. The maximum absolute atomic E-state index is 14.4. The number of aliphatic hydroxyl groups excluding tert-OH is 1. The number of rotatable bonds is 21. The van der Waals surface area contributed by atoms with E-state index in [1.54, 1.807) is 31.4 Å². The van der Waals surface area contributed by atoms with Crippen LogP contribution in [0.1, 0.15) is 94.9 Å². The van der Waals surface area contributed by atoms with E-state index in [0.717, 1.165) is 24.8 Å². The van der Waals surface area contributed by atoms with E-state index in [1.165, 1.54) is 0 Å². The Balaban J connectivity index is 2.54. The van der Waals surface area contributed by atoms with Crippen LogP contribution in [0, 0.1) is 23.7 Å². The minimum atomic E-state index is -3.90. The predicted molar refractivity (Wildman–Crippen MR) is 236 cm³/mol. The van der Waals surface area contributed by atoms with Gasteiger partial charge in [0.25, 0.3) is 0 Å². The predicted octanol–water partition coefficient (Wildman–Crippen LogP) is 11.3. The normalized spacial score (nSPS) is 22.6. The topological polar surface area (TPSA) is 91.3 Å². The van der Waals surface area contributed by atoms with Crippen molar-refractivity contribution in [2.45, 2.75) is 174 Å². The van der Waals surface area contributed by atoms with E-state index in [9.17, 15) is 13.5 Å². The molecule has 55 heavy (non-hydrogen) atoms.